The van der Waals surface area contributed by atoms with Crippen LogP contribution in [-0.4, -0.2) is 31.9 Å². The van der Waals surface area contributed by atoms with E-state index >= 15 is 0 Å². The average molecular weight is 461 g/mol. The van der Waals surface area contributed by atoms with Crippen LogP contribution in [0, 0.1) is 13.8 Å². The van der Waals surface area contributed by atoms with Gasteiger partial charge in [0, 0.05) is 10.9 Å². The summed E-state index contributed by atoms with van der Waals surface area (Å²) in [7, 11) is -4.01. The molecular formula is C21H20N2O6S2. The van der Waals surface area contributed by atoms with E-state index in [1.807, 2.05) is 6.07 Å². The van der Waals surface area contributed by atoms with E-state index in [9.17, 15) is 18.0 Å². The van der Waals surface area contributed by atoms with Gasteiger partial charge in [-0.2, -0.15) is 8.42 Å². The lowest BCUT2D eigenvalue weighted by Crippen LogP contribution is -2.13. The summed E-state index contributed by atoms with van der Waals surface area (Å²) in [6.07, 6.45) is 0. The van der Waals surface area contributed by atoms with Crippen LogP contribution >= 0.6 is 11.3 Å². The van der Waals surface area contributed by atoms with E-state index in [2.05, 4.69) is 10.3 Å². The molecule has 0 unspecified atom stereocenters. The number of anilines is 1. The van der Waals surface area contributed by atoms with Crippen LogP contribution in [0.5, 0.6) is 5.75 Å². The van der Waals surface area contributed by atoms with E-state index in [0.29, 0.717) is 5.56 Å². The predicted molar refractivity (Wildman–Crippen MR) is 116 cm³/mol. The molecule has 0 radical (unpaired) electrons. The van der Waals surface area contributed by atoms with Crippen LogP contribution in [0.15, 0.2) is 52.7 Å². The van der Waals surface area contributed by atoms with Crippen LogP contribution in [0.1, 0.15) is 38.9 Å². The number of hydrogen-bond acceptors (Lipinski definition) is 8. The van der Waals surface area contributed by atoms with Gasteiger partial charge >= 0.3 is 16.1 Å². The van der Waals surface area contributed by atoms with Crippen molar-refractivity contribution in [3.8, 4) is 5.75 Å². The Morgan fingerprint density at radius 3 is 2.48 bits per heavy atom. The first-order chi connectivity index (χ1) is 14.7. The van der Waals surface area contributed by atoms with Gasteiger partial charge in [0.1, 0.15) is 10.6 Å². The first-order valence-electron chi connectivity index (χ1n) is 9.25. The highest BCUT2D eigenvalue weighted by atomic mass is 32.2. The molecule has 0 saturated heterocycles. The number of nitrogens with one attached hydrogen (secondary N) is 1. The highest BCUT2D eigenvalue weighted by molar-refractivity contribution is 7.87. The summed E-state index contributed by atoms with van der Waals surface area (Å²) in [6.45, 7) is 5.40. The average Bonchev–Trinajstić information content (AvgIpc) is 3.19. The molecule has 0 fully saturated rings. The lowest BCUT2D eigenvalue weighted by atomic mass is 10.2. The van der Waals surface area contributed by atoms with Crippen molar-refractivity contribution in [2.24, 2.45) is 0 Å². The molecule has 10 heteroatoms. The molecule has 3 aromatic rings. The number of benzene rings is 2. The smallest absolute Gasteiger partial charge is 0.357 e. The van der Waals surface area contributed by atoms with Crippen LogP contribution in [0.4, 0.5) is 5.13 Å². The van der Waals surface area contributed by atoms with Gasteiger partial charge in [-0.15, -0.1) is 11.3 Å². The summed E-state index contributed by atoms with van der Waals surface area (Å²) < 4.78 is 35.3. The van der Waals surface area contributed by atoms with Gasteiger partial charge in [-0.25, -0.2) is 9.78 Å². The number of esters is 1. The molecule has 31 heavy (non-hydrogen) atoms. The van der Waals surface area contributed by atoms with E-state index in [1.165, 1.54) is 29.6 Å². The minimum atomic E-state index is -4.01. The van der Waals surface area contributed by atoms with E-state index in [4.69, 9.17) is 8.92 Å². The van der Waals surface area contributed by atoms with Crippen molar-refractivity contribution < 1.29 is 26.9 Å². The second-order valence-corrected chi connectivity index (χ2v) is 8.92. The van der Waals surface area contributed by atoms with E-state index in [-0.39, 0.29) is 33.6 Å². The molecule has 0 aliphatic rings. The number of carbonyl (C=O) groups is 2. The molecule has 0 atom stereocenters. The molecule has 1 N–H and O–H groups in total. The fourth-order valence-corrected chi connectivity index (χ4v) is 4.53. The van der Waals surface area contributed by atoms with Gasteiger partial charge < -0.3 is 8.92 Å². The van der Waals surface area contributed by atoms with Crippen LogP contribution in [-0.2, 0) is 14.9 Å². The van der Waals surface area contributed by atoms with Gasteiger partial charge in [0.2, 0.25) is 0 Å². The fraction of sp³-hybridized carbons (Fsp3) is 0.190. The molecule has 0 spiro atoms. The van der Waals surface area contributed by atoms with Crippen LogP contribution < -0.4 is 9.50 Å². The van der Waals surface area contributed by atoms with E-state index in [0.717, 1.165) is 16.9 Å². The van der Waals surface area contributed by atoms with Gasteiger partial charge in [-0.05, 0) is 62.2 Å². The Labute approximate surface area is 184 Å². The molecule has 0 aliphatic carbocycles. The number of aromatic nitrogens is 1. The Morgan fingerprint density at radius 1 is 1.10 bits per heavy atom. The largest absolute Gasteiger partial charge is 0.461 e. The predicted octanol–water partition coefficient (Wildman–Crippen LogP) is 3.96. The summed E-state index contributed by atoms with van der Waals surface area (Å²) >= 11 is 1.09. The Balaban J connectivity index is 1.69. The highest BCUT2D eigenvalue weighted by Gasteiger charge is 2.20. The van der Waals surface area contributed by atoms with Crippen molar-refractivity contribution in [3.05, 3.63) is 70.2 Å². The Kier molecular flexibility index (Phi) is 6.71. The lowest BCUT2D eigenvalue weighted by molar-refractivity contribution is 0.0520. The SMILES string of the molecule is CCOC(=O)c1csc(NC(=O)c2ccc(OS(=O)(=O)c3cc(C)ccc3C)cc2)n1. The van der Waals surface area contributed by atoms with Gasteiger partial charge in [-0.3, -0.25) is 10.1 Å². The first kappa shape index (κ1) is 22.4. The molecule has 162 valence electrons. The molecule has 0 bridgehead atoms. The molecule has 1 amide bonds. The molecule has 2 aromatic carbocycles. The molecule has 3 rings (SSSR count). The van der Waals surface area contributed by atoms with Crippen molar-refractivity contribution in [2.45, 2.75) is 25.7 Å². The summed E-state index contributed by atoms with van der Waals surface area (Å²) in [5, 5.41) is 4.31. The van der Waals surface area contributed by atoms with E-state index < -0.39 is 22.0 Å². The summed E-state index contributed by atoms with van der Waals surface area (Å²) in [4.78, 5) is 28.2. The minimum Gasteiger partial charge on any atom is -0.461 e. The van der Waals surface area contributed by atoms with Crippen molar-refractivity contribution in [3.63, 3.8) is 0 Å². The molecular weight excluding hydrogens is 440 g/mol. The van der Waals surface area contributed by atoms with Gasteiger partial charge in [0.05, 0.1) is 6.61 Å². The third-order valence-corrected chi connectivity index (χ3v) is 6.29. The Bertz CT molecular complexity index is 1220. The molecule has 0 aliphatic heterocycles. The Hall–Kier alpha value is -3.24. The first-order valence-corrected chi connectivity index (χ1v) is 11.5. The zero-order chi connectivity index (χ0) is 22.6. The van der Waals surface area contributed by atoms with Crippen LogP contribution in [0.2, 0.25) is 0 Å². The summed E-state index contributed by atoms with van der Waals surface area (Å²) in [5.41, 5.74) is 1.76. The number of hydrogen-bond donors (Lipinski definition) is 1. The number of ether oxygens (including phenoxy) is 1. The monoisotopic (exact) mass is 460 g/mol. The maximum Gasteiger partial charge on any atom is 0.357 e. The third kappa shape index (κ3) is 5.47. The normalized spacial score (nSPS) is 11.1. The van der Waals surface area contributed by atoms with E-state index in [1.54, 1.807) is 32.9 Å². The third-order valence-electron chi connectivity index (χ3n) is 4.14. The van der Waals surface area contributed by atoms with Crippen molar-refractivity contribution >= 4 is 38.5 Å². The van der Waals surface area contributed by atoms with Gasteiger partial charge in [0.25, 0.3) is 5.91 Å². The number of thiazole rings is 1. The molecule has 8 nitrogen and oxygen atoms in total. The molecule has 1 aromatic heterocycles. The topological polar surface area (TPSA) is 112 Å². The number of aryl methyl sites for hydroxylation is 2. The Morgan fingerprint density at radius 2 is 1.81 bits per heavy atom. The minimum absolute atomic E-state index is 0.0799. The highest BCUT2D eigenvalue weighted by Crippen LogP contribution is 2.23. The zero-order valence-electron chi connectivity index (χ0n) is 17.0. The van der Waals surface area contributed by atoms with Crippen LogP contribution in [0.25, 0.3) is 0 Å². The van der Waals surface area contributed by atoms with Crippen molar-refractivity contribution in [1.82, 2.24) is 4.98 Å². The lowest BCUT2D eigenvalue weighted by Gasteiger charge is -2.10. The maximum absolute atomic E-state index is 12.6. The molecule has 0 saturated carbocycles. The molecule has 1 heterocycles. The maximum atomic E-state index is 12.6. The van der Waals surface area contributed by atoms with Crippen molar-refractivity contribution in [1.29, 1.82) is 0 Å². The number of carbonyl (C=O) groups excluding carboxylic acids is 2. The summed E-state index contributed by atoms with van der Waals surface area (Å²) in [6, 6.07) is 10.7. The quantitative estimate of drug-likeness (QED) is 0.420. The standard InChI is InChI=1S/C21H20N2O6S2/c1-4-28-20(25)17-12-30-21(22-17)23-19(24)15-7-9-16(10-8-15)29-31(26,27)18-11-13(2)5-6-14(18)3/h5-12H,4H2,1-3H3,(H,22,23,24). The van der Waals surface area contributed by atoms with Gasteiger partial charge in [-0.1, -0.05) is 12.1 Å². The zero-order valence-corrected chi connectivity index (χ0v) is 18.7. The second-order valence-electron chi connectivity index (χ2n) is 6.54. The van der Waals surface area contributed by atoms with Crippen molar-refractivity contribution in [2.75, 3.05) is 11.9 Å². The summed E-state index contributed by atoms with van der Waals surface area (Å²) in [5.74, 6) is -0.948. The number of rotatable bonds is 7. The van der Waals surface area contributed by atoms with Crippen LogP contribution in [0.3, 0.4) is 0 Å². The second kappa shape index (κ2) is 9.27. The number of amides is 1. The van der Waals surface area contributed by atoms with Gasteiger partial charge in [0.15, 0.2) is 10.8 Å². The fourth-order valence-electron chi connectivity index (χ4n) is 2.61. The number of nitrogens with zero attached hydrogens (tertiary/aromatic N) is 1.